The molecule has 0 spiro atoms. The van der Waals surface area contributed by atoms with Gasteiger partial charge in [0.15, 0.2) is 0 Å². The Morgan fingerprint density at radius 3 is 1.82 bits per heavy atom. The maximum atomic E-state index is 12.7. The smallest absolute Gasteiger partial charge is 0.264 e. The van der Waals surface area contributed by atoms with Gasteiger partial charge < -0.3 is 0 Å². The molecule has 1 rings (SSSR count). The van der Waals surface area contributed by atoms with Gasteiger partial charge in [0.25, 0.3) is 12.9 Å². The first-order valence-electron chi connectivity index (χ1n) is 4.69. The van der Waals surface area contributed by atoms with Gasteiger partial charge >= 0.3 is 0 Å². The second kappa shape index (κ2) is 5.62. The summed E-state index contributed by atoms with van der Waals surface area (Å²) in [6, 6.07) is 3.22. The van der Waals surface area contributed by atoms with Gasteiger partial charge in [-0.1, -0.05) is 34.1 Å². The van der Waals surface area contributed by atoms with Crippen molar-refractivity contribution in [1.82, 2.24) is 0 Å². The van der Waals surface area contributed by atoms with Crippen LogP contribution in [0.1, 0.15) is 41.3 Å². The molecule has 94 valence electrons. The molecule has 1 aromatic rings. The van der Waals surface area contributed by atoms with E-state index in [2.05, 4.69) is 15.9 Å². The van der Waals surface area contributed by atoms with Crippen molar-refractivity contribution >= 4 is 21.7 Å². The summed E-state index contributed by atoms with van der Waals surface area (Å²) in [6.45, 7) is 1.15. The monoisotopic (exact) mass is 312 g/mol. The summed E-state index contributed by atoms with van der Waals surface area (Å²) in [5.41, 5.74) is -1.41. The summed E-state index contributed by atoms with van der Waals surface area (Å²) >= 11 is 2.87. The zero-order chi connectivity index (χ0) is 13.2. The van der Waals surface area contributed by atoms with E-state index in [1.807, 2.05) is 0 Å². The van der Waals surface area contributed by atoms with E-state index in [0.717, 1.165) is 25.1 Å². The van der Waals surface area contributed by atoms with Gasteiger partial charge in [-0.3, -0.25) is 4.79 Å². The summed E-state index contributed by atoms with van der Waals surface area (Å²) in [7, 11) is 0. The molecule has 0 N–H and O–H groups in total. The minimum absolute atomic E-state index is 0.329. The number of carbonyl (C=O) groups excluding carboxylic acids is 1. The number of benzene rings is 1. The Hall–Kier alpha value is -0.910. The van der Waals surface area contributed by atoms with Gasteiger partial charge in [0.2, 0.25) is 0 Å². The first-order valence-corrected chi connectivity index (χ1v) is 5.61. The van der Waals surface area contributed by atoms with Crippen molar-refractivity contribution in [3.8, 4) is 0 Å². The molecule has 1 nitrogen and oxygen atoms in total. The maximum Gasteiger partial charge on any atom is 0.264 e. The number of rotatable bonds is 4. The Bertz CT molecular complexity index is 394. The van der Waals surface area contributed by atoms with Gasteiger partial charge in [-0.05, 0) is 12.5 Å². The lowest BCUT2D eigenvalue weighted by Gasteiger charge is -2.17. The average molecular weight is 313 g/mol. The fraction of sp³-hybridized carbons (Fsp3) is 0.364. The molecule has 0 aromatic heterocycles. The molecular formula is C11H9BrF4O. The predicted octanol–water partition coefficient (Wildman–Crippen LogP) is 4.59. The van der Waals surface area contributed by atoms with E-state index in [9.17, 15) is 22.4 Å². The zero-order valence-corrected chi connectivity index (χ0v) is 10.3. The van der Waals surface area contributed by atoms with Crippen LogP contribution in [0.5, 0.6) is 0 Å². The lowest BCUT2D eigenvalue weighted by molar-refractivity contribution is -0.116. The topological polar surface area (TPSA) is 17.1 Å². The summed E-state index contributed by atoms with van der Waals surface area (Å²) < 4.78 is 50.9. The standard InChI is InChI=1S/C11H9BrF4O/c1-5(17)9(12)8-6(10(13)14)3-2-4-7(8)11(15)16/h2-4,9-11H,1H3. The van der Waals surface area contributed by atoms with Crippen molar-refractivity contribution in [3.05, 3.63) is 34.9 Å². The highest BCUT2D eigenvalue weighted by atomic mass is 79.9. The molecule has 0 bridgehead atoms. The third kappa shape index (κ3) is 3.06. The molecule has 0 aliphatic rings. The van der Waals surface area contributed by atoms with Crippen molar-refractivity contribution < 1.29 is 22.4 Å². The Labute approximate surface area is 104 Å². The van der Waals surface area contributed by atoms with E-state index in [-0.39, 0.29) is 5.56 Å². The Kier molecular flexibility index (Phi) is 4.68. The van der Waals surface area contributed by atoms with Crippen LogP contribution in [0.3, 0.4) is 0 Å². The molecule has 0 aliphatic heterocycles. The van der Waals surface area contributed by atoms with Crippen LogP contribution in [0.15, 0.2) is 18.2 Å². The number of hydrogen-bond acceptors (Lipinski definition) is 1. The molecule has 1 atom stereocenters. The highest BCUT2D eigenvalue weighted by Gasteiger charge is 2.27. The fourth-order valence-electron chi connectivity index (χ4n) is 1.48. The highest BCUT2D eigenvalue weighted by molar-refractivity contribution is 9.09. The SMILES string of the molecule is CC(=O)C(Br)c1c(C(F)F)cccc1C(F)F. The van der Waals surface area contributed by atoms with Crippen LogP contribution in [-0.2, 0) is 4.79 Å². The summed E-state index contributed by atoms with van der Waals surface area (Å²) in [5.74, 6) is -0.500. The van der Waals surface area contributed by atoms with Crippen molar-refractivity contribution in [1.29, 1.82) is 0 Å². The Morgan fingerprint density at radius 1 is 1.12 bits per heavy atom. The van der Waals surface area contributed by atoms with Gasteiger partial charge in [0, 0.05) is 11.1 Å². The van der Waals surface area contributed by atoms with Gasteiger partial charge in [-0.15, -0.1) is 0 Å². The summed E-state index contributed by atoms with van der Waals surface area (Å²) in [5, 5.41) is 0. The third-order valence-electron chi connectivity index (χ3n) is 2.25. The van der Waals surface area contributed by atoms with Crippen LogP contribution in [0.2, 0.25) is 0 Å². The molecule has 1 aromatic carbocycles. The molecule has 0 fully saturated rings. The molecule has 17 heavy (non-hydrogen) atoms. The van der Waals surface area contributed by atoms with Crippen LogP contribution >= 0.6 is 15.9 Å². The molecule has 1 unspecified atom stereocenters. The third-order valence-corrected chi connectivity index (χ3v) is 3.36. The molecule has 0 amide bonds. The summed E-state index contributed by atoms with van der Waals surface area (Å²) in [4.78, 5) is 10.0. The fourth-order valence-corrected chi connectivity index (χ4v) is 2.01. The first kappa shape index (κ1) is 14.2. The number of Topliss-reactive ketones (excluding diaryl/α,β-unsaturated/α-hetero) is 1. The first-order chi connectivity index (χ1) is 7.86. The lowest BCUT2D eigenvalue weighted by atomic mass is 9.97. The van der Waals surface area contributed by atoms with Crippen LogP contribution in [0.4, 0.5) is 17.6 Å². The minimum atomic E-state index is -2.90. The number of ketones is 1. The Balaban J connectivity index is 3.43. The van der Waals surface area contributed by atoms with E-state index < -0.39 is 34.6 Å². The lowest BCUT2D eigenvalue weighted by Crippen LogP contribution is -2.09. The molecule has 0 aliphatic carbocycles. The largest absolute Gasteiger partial charge is 0.298 e. The predicted molar refractivity (Wildman–Crippen MR) is 58.7 cm³/mol. The quantitative estimate of drug-likeness (QED) is 0.587. The van der Waals surface area contributed by atoms with E-state index in [1.54, 1.807) is 0 Å². The van der Waals surface area contributed by atoms with E-state index in [1.165, 1.54) is 0 Å². The van der Waals surface area contributed by atoms with E-state index in [0.29, 0.717) is 0 Å². The summed E-state index contributed by atoms with van der Waals surface area (Å²) in [6.07, 6.45) is -5.80. The van der Waals surface area contributed by atoms with Gasteiger partial charge in [-0.25, -0.2) is 17.6 Å². The van der Waals surface area contributed by atoms with Crippen molar-refractivity contribution in [2.45, 2.75) is 24.6 Å². The number of alkyl halides is 5. The van der Waals surface area contributed by atoms with Crippen LogP contribution < -0.4 is 0 Å². The van der Waals surface area contributed by atoms with Crippen LogP contribution in [0.25, 0.3) is 0 Å². The zero-order valence-electron chi connectivity index (χ0n) is 8.76. The highest BCUT2D eigenvalue weighted by Crippen LogP contribution is 2.38. The van der Waals surface area contributed by atoms with Crippen molar-refractivity contribution in [2.24, 2.45) is 0 Å². The minimum Gasteiger partial charge on any atom is -0.298 e. The second-order valence-electron chi connectivity index (χ2n) is 3.42. The van der Waals surface area contributed by atoms with E-state index >= 15 is 0 Å². The van der Waals surface area contributed by atoms with Crippen LogP contribution in [0, 0.1) is 0 Å². The van der Waals surface area contributed by atoms with Gasteiger partial charge in [0.1, 0.15) is 5.78 Å². The molecule has 0 heterocycles. The van der Waals surface area contributed by atoms with E-state index in [4.69, 9.17) is 0 Å². The molecular weight excluding hydrogens is 304 g/mol. The second-order valence-corrected chi connectivity index (χ2v) is 4.34. The maximum absolute atomic E-state index is 12.7. The van der Waals surface area contributed by atoms with Gasteiger partial charge in [0.05, 0.1) is 4.83 Å². The van der Waals surface area contributed by atoms with Crippen molar-refractivity contribution in [2.75, 3.05) is 0 Å². The number of halogens is 5. The molecule has 6 heteroatoms. The normalized spacial score (nSPS) is 13.2. The number of carbonyl (C=O) groups is 1. The average Bonchev–Trinajstić information content (AvgIpc) is 2.26. The number of hydrogen-bond donors (Lipinski definition) is 0. The van der Waals surface area contributed by atoms with Gasteiger partial charge in [-0.2, -0.15) is 0 Å². The molecule has 0 radical (unpaired) electrons. The molecule has 0 saturated carbocycles. The molecule has 0 saturated heterocycles. The Morgan fingerprint density at radius 2 is 1.53 bits per heavy atom. The van der Waals surface area contributed by atoms with Crippen molar-refractivity contribution in [3.63, 3.8) is 0 Å². The van der Waals surface area contributed by atoms with Crippen LogP contribution in [-0.4, -0.2) is 5.78 Å².